The second-order valence-electron chi connectivity index (χ2n) is 4.31. The van der Waals surface area contributed by atoms with Crippen molar-refractivity contribution in [3.63, 3.8) is 0 Å². The Morgan fingerprint density at radius 1 is 1.28 bits per heavy atom. The summed E-state index contributed by atoms with van der Waals surface area (Å²) in [6, 6.07) is 9.16. The molecule has 0 radical (unpaired) electrons. The Morgan fingerprint density at radius 3 is 3.06 bits per heavy atom. The fourth-order valence-corrected chi connectivity index (χ4v) is 3.22. The van der Waals surface area contributed by atoms with Gasteiger partial charge in [-0.15, -0.1) is 11.8 Å². The summed E-state index contributed by atoms with van der Waals surface area (Å²) in [5, 5.41) is 3.60. The molecule has 1 heterocycles. The van der Waals surface area contributed by atoms with E-state index in [9.17, 15) is 0 Å². The molecule has 1 N–H and O–H groups in total. The van der Waals surface area contributed by atoms with Crippen LogP contribution in [0.1, 0.15) is 18.0 Å². The van der Waals surface area contributed by atoms with Gasteiger partial charge in [-0.05, 0) is 24.6 Å². The Labute approximate surface area is 113 Å². The molecule has 1 aliphatic rings. The number of ether oxygens (including phenoxy) is 2. The SMILES string of the molecule is COCCOCCCNC1CSc2ccccc21. The first-order chi connectivity index (χ1) is 8.92. The topological polar surface area (TPSA) is 30.5 Å². The summed E-state index contributed by atoms with van der Waals surface area (Å²) in [5.74, 6) is 1.14. The van der Waals surface area contributed by atoms with Gasteiger partial charge in [-0.25, -0.2) is 0 Å². The van der Waals surface area contributed by atoms with Crippen LogP contribution in [0.4, 0.5) is 0 Å². The number of rotatable bonds is 8. The fourth-order valence-electron chi connectivity index (χ4n) is 2.03. The van der Waals surface area contributed by atoms with E-state index in [1.165, 1.54) is 10.5 Å². The van der Waals surface area contributed by atoms with E-state index in [0.717, 1.165) is 25.3 Å². The van der Waals surface area contributed by atoms with Crippen LogP contribution in [-0.4, -0.2) is 39.2 Å². The van der Waals surface area contributed by atoms with Crippen molar-refractivity contribution in [3.8, 4) is 0 Å². The lowest BCUT2D eigenvalue weighted by Gasteiger charge is -2.13. The Kier molecular flexibility index (Phi) is 6.00. The van der Waals surface area contributed by atoms with Crippen LogP contribution in [0.3, 0.4) is 0 Å². The van der Waals surface area contributed by atoms with Gasteiger partial charge >= 0.3 is 0 Å². The molecule has 1 atom stereocenters. The average molecular weight is 267 g/mol. The van der Waals surface area contributed by atoms with Gasteiger partial charge < -0.3 is 14.8 Å². The Morgan fingerprint density at radius 2 is 2.17 bits per heavy atom. The molecular weight excluding hydrogens is 246 g/mol. The first-order valence-corrected chi connectivity index (χ1v) is 7.42. The second-order valence-corrected chi connectivity index (χ2v) is 5.38. The molecule has 0 aliphatic carbocycles. The summed E-state index contributed by atoms with van der Waals surface area (Å²) in [6.45, 7) is 3.18. The second kappa shape index (κ2) is 7.79. The minimum absolute atomic E-state index is 0.505. The number of hydrogen-bond acceptors (Lipinski definition) is 4. The molecule has 0 aromatic heterocycles. The molecule has 1 aliphatic heterocycles. The van der Waals surface area contributed by atoms with Crippen LogP contribution < -0.4 is 5.32 Å². The number of benzene rings is 1. The van der Waals surface area contributed by atoms with Gasteiger partial charge in [0.05, 0.1) is 13.2 Å². The summed E-state index contributed by atoms with van der Waals surface area (Å²) in [7, 11) is 1.69. The van der Waals surface area contributed by atoms with E-state index in [1.807, 2.05) is 11.8 Å². The molecule has 0 spiro atoms. The van der Waals surface area contributed by atoms with E-state index < -0.39 is 0 Å². The van der Waals surface area contributed by atoms with Gasteiger partial charge in [0.25, 0.3) is 0 Å². The summed E-state index contributed by atoms with van der Waals surface area (Å²) in [5.41, 5.74) is 1.45. The normalized spacial score (nSPS) is 17.9. The Hall–Kier alpha value is -0.550. The zero-order valence-corrected chi connectivity index (χ0v) is 11.7. The van der Waals surface area contributed by atoms with E-state index in [4.69, 9.17) is 9.47 Å². The molecule has 4 heteroatoms. The van der Waals surface area contributed by atoms with Crippen LogP contribution in [0.15, 0.2) is 29.2 Å². The van der Waals surface area contributed by atoms with Crippen LogP contribution in [0.25, 0.3) is 0 Å². The molecule has 100 valence electrons. The molecule has 0 bridgehead atoms. The van der Waals surface area contributed by atoms with Crippen LogP contribution in [-0.2, 0) is 9.47 Å². The lowest BCUT2D eigenvalue weighted by Crippen LogP contribution is -2.23. The highest BCUT2D eigenvalue weighted by atomic mass is 32.2. The van der Waals surface area contributed by atoms with Crippen molar-refractivity contribution in [3.05, 3.63) is 29.8 Å². The smallest absolute Gasteiger partial charge is 0.0700 e. The third-order valence-corrected chi connectivity index (χ3v) is 4.17. The van der Waals surface area contributed by atoms with Crippen molar-refractivity contribution in [1.29, 1.82) is 0 Å². The number of methoxy groups -OCH3 is 1. The largest absolute Gasteiger partial charge is 0.382 e. The molecule has 0 saturated carbocycles. The maximum atomic E-state index is 5.44. The monoisotopic (exact) mass is 267 g/mol. The van der Waals surface area contributed by atoms with Crippen molar-refractivity contribution < 1.29 is 9.47 Å². The van der Waals surface area contributed by atoms with Gasteiger partial charge in [-0.3, -0.25) is 0 Å². The Balaban J connectivity index is 1.61. The average Bonchev–Trinajstić information content (AvgIpc) is 2.81. The molecule has 3 nitrogen and oxygen atoms in total. The van der Waals surface area contributed by atoms with Gasteiger partial charge in [0.15, 0.2) is 0 Å². The van der Waals surface area contributed by atoms with Crippen molar-refractivity contribution in [2.24, 2.45) is 0 Å². The standard InChI is InChI=1S/C14H21NO2S/c1-16-9-10-17-8-4-7-15-13-11-18-14-6-3-2-5-12(13)14/h2-3,5-6,13,15H,4,7-11H2,1H3. The van der Waals surface area contributed by atoms with Gasteiger partial charge in [-0.2, -0.15) is 0 Å². The summed E-state index contributed by atoms with van der Waals surface area (Å²) in [4.78, 5) is 1.42. The van der Waals surface area contributed by atoms with Gasteiger partial charge in [0, 0.05) is 30.4 Å². The summed E-state index contributed by atoms with van der Waals surface area (Å²) in [6.07, 6.45) is 1.05. The number of hydrogen-bond donors (Lipinski definition) is 1. The van der Waals surface area contributed by atoms with Gasteiger partial charge in [0.2, 0.25) is 0 Å². The minimum atomic E-state index is 0.505. The molecule has 1 aromatic rings. The van der Waals surface area contributed by atoms with Crippen molar-refractivity contribution in [2.75, 3.05) is 39.2 Å². The maximum absolute atomic E-state index is 5.44. The Bertz CT molecular complexity index is 359. The van der Waals surface area contributed by atoms with Crippen LogP contribution in [0.2, 0.25) is 0 Å². The van der Waals surface area contributed by atoms with E-state index >= 15 is 0 Å². The lowest BCUT2D eigenvalue weighted by atomic mass is 10.1. The number of nitrogens with one attached hydrogen (secondary N) is 1. The lowest BCUT2D eigenvalue weighted by molar-refractivity contribution is 0.0693. The molecule has 18 heavy (non-hydrogen) atoms. The van der Waals surface area contributed by atoms with Crippen LogP contribution in [0.5, 0.6) is 0 Å². The highest BCUT2D eigenvalue weighted by Gasteiger charge is 2.21. The predicted molar refractivity (Wildman–Crippen MR) is 75.2 cm³/mol. The first-order valence-electron chi connectivity index (χ1n) is 6.43. The molecule has 0 amide bonds. The summed E-state index contributed by atoms with van der Waals surface area (Å²) >= 11 is 1.94. The van der Waals surface area contributed by atoms with E-state index in [1.54, 1.807) is 7.11 Å². The van der Waals surface area contributed by atoms with Crippen LogP contribution >= 0.6 is 11.8 Å². The summed E-state index contributed by atoms with van der Waals surface area (Å²) < 4.78 is 10.4. The van der Waals surface area contributed by atoms with Crippen molar-refractivity contribution in [2.45, 2.75) is 17.4 Å². The van der Waals surface area contributed by atoms with E-state index in [0.29, 0.717) is 19.3 Å². The van der Waals surface area contributed by atoms with E-state index in [2.05, 4.69) is 29.6 Å². The third kappa shape index (κ3) is 3.99. The number of thioether (sulfide) groups is 1. The first kappa shape index (κ1) is 13.9. The zero-order valence-electron chi connectivity index (χ0n) is 10.9. The maximum Gasteiger partial charge on any atom is 0.0700 e. The van der Waals surface area contributed by atoms with Crippen LogP contribution in [0, 0.1) is 0 Å². The molecular formula is C14H21NO2S. The highest BCUT2D eigenvalue weighted by Crippen LogP contribution is 2.37. The quantitative estimate of drug-likeness (QED) is 0.733. The van der Waals surface area contributed by atoms with Crippen molar-refractivity contribution in [1.82, 2.24) is 5.32 Å². The molecule has 1 unspecified atom stereocenters. The van der Waals surface area contributed by atoms with Gasteiger partial charge in [0.1, 0.15) is 0 Å². The van der Waals surface area contributed by atoms with Crippen molar-refractivity contribution >= 4 is 11.8 Å². The molecule has 1 aromatic carbocycles. The molecule has 2 rings (SSSR count). The van der Waals surface area contributed by atoms with E-state index in [-0.39, 0.29) is 0 Å². The highest BCUT2D eigenvalue weighted by molar-refractivity contribution is 7.99. The third-order valence-electron chi connectivity index (χ3n) is 2.99. The predicted octanol–water partition coefficient (Wildman–Crippen LogP) is 2.48. The minimum Gasteiger partial charge on any atom is -0.382 e. The fraction of sp³-hybridized carbons (Fsp3) is 0.571. The van der Waals surface area contributed by atoms with Gasteiger partial charge in [-0.1, -0.05) is 18.2 Å². The zero-order chi connectivity index (χ0) is 12.6. The number of fused-ring (bicyclic) bond motifs is 1. The molecule has 0 saturated heterocycles. The molecule has 0 fully saturated rings.